The van der Waals surface area contributed by atoms with Gasteiger partial charge in [0, 0.05) is 38.1 Å². The average Bonchev–Trinajstić information content (AvgIpc) is 2.76. The summed E-state index contributed by atoms with van der Waals surface area (Å²) in [4.78, 5) is 29.1. The quantitative estimate of drug-likeness (QED) is 0.554. The minimum atomic E-state index is -4.20. The SMILES string of the molecule is CC(=O)NCC1=C(c2ccc(C)cn2)C[C@@](C)(c2ccc(OCCCC(F)(F)F)cc2)NC1=O. The van der Waals surface area contributed by atoms with Crippen molar-refractivity contribution in [2.75, 3.05) is 13.2 Å². The van der Waals surface area contributed by atoms with Crippen LogP contribution in [0.25, 0.3) is 5.57 Å². The molecule has 182 valence electrons. The van der Waals surface area contributed by atoms with Crippen molar-refractivity contribution in [3.05, 3.63) is 65.0 Å². The average molecular weight is 476 g/mol. The molecule has 0 saturated heterocycles. The van der Waals surface area contributed by atoms with E-state index in [0.29, 0.717) is 23.4 Å². The third-order valence-electron chi connectivity index (χ3n) is 5.66. The Morgan fingerprint density at radius 1 is 1.21 bits per heavy atom. The fraction of sp³-hybridized carbons (Fsp3) is 0.400. The van der Waals surface area contributed by atoms with Crippen LogP contribution in [0.4, 0.5) is 13.2 Å². The molecule has 34 heavy (non-hydrogen) atoms. The number of amides is 2. The molecular weight excluding hydrogens is 447 g/mol. The van der Waals surface area contributed by atoms with Gasteiger partial charge in [-0.15, -0.1) is 0 Å². The second kappa shape index (κ2) is 10.3. The van der Waals surface area contributed by atoms with Gasteiger partial charge in [-0.1, -0.05) is 18.2 Å². The lowest BCUT2D eigenvalue weighted by atomic mass is 9.79. The summed E-state index contributed by atoms with van der Waals surface area (Å²) in [6.45, 7) is 5.27. The van der Waals surface area contributed by atoms with Crippen molar-refractivity contribution in [3.8, 4) is 5.75 Å². The number of pyridine rings is 1. The smallest absolute Gasteiger partial charge is 0.389 e. The molecule has 0 radical (unpaired) electrons. The molecule has 0 bridgehead atoms. The number of alkyl halides is 3. The first-order valence-electron chi connectivity index (χ1n) is 11.0. The lowest BCUT2D eigenvalue weighted by molar-refractivity contribution is -0.136. The van der Waals surface area contributed by atoms with Crippen molar-refractivity contribution < 1.29 is 27.5 Å². The monoisotopic (exact) mass is 475 g/mol. The molecule has 0 fully saturated rings. The number of aryl methyl sites for hydroxylation is 1. The van der Waals surface area contributed by atoms with Gasteiger partial charge in [0.25, 0.3) is 0 Å². The Bertz CT molecular complexity index is 1060. The third-order valence-corrected chi connectivity index (χ3v) is 5.66. The maximum atomic E-state index is 13.1. The van der Waals surface area contributed by atoms with Gasteiger partial charge < -0.3 is 15.4 Å². The maximum Gasteiger partial charge on any atom is 0.389 e. The number of carbonyl (C=O) groups excluding carboxylic acids is 2. The van der Waals surface area contributed by atoms with E-state index >= 15 is 0 Å². The molecule has 6 nitrogen and oxygen atoms in total. The Balaban J connectivity index is 1.81. The molecule has 2 aromatic rings. The van der Waals surface area contributed by atoms with E-state index in [2.05, 4.69) is 15.6 Å². The van der Waals surface area contributed by atoms with Crippen LogP contribution in [-0.2, 0) is 15.1 Å². The second-order valence-electron chi connectivity index (χ2n) is 8.64. The fourth-order valence-corrected chi connectivity index (χ4v) is 3.81. The lowest BCUT2D eigenvalue weighted by Gasteiger charge is -2.37. The molecule has 2 heterocycles. The number of aromatic nitrogens is 1. The molecule has 1 aromatic carbocycles. The normalized spacial score (nSPS) is 18.5. The van der Waals surface area contributed by atoms with E-state index in [4.69, 9.17) is 4.74 Å². The van der Waals surface area contributed by atoms with Crippen LogP contribution in [0.1, 0.15) is 49.9 Å². The van der Waals surface area contributed by atoms with Crippen LogP contribution < -0.4 is 15.4 Å². The molecule has 2 amide bonds. The number of ether oxygens (including phenoxy) is 1. The van der Waals surface area contributed by atoms with Gasteiger partial charge in [-0.2, -0.15) is 13.2 Å². The van der Waals surface area contributed by atoms with Gasteiger partial charge in [-0.05, 0) is 55.2 Å². The number of hydrogen-bond acceptors (Lipinski definition) is 4. The largest absolute Gasteiger partial charge is 0.494 e. The van der Waals surface area contributed by atoms with Crippen molar-refractivity contribution in [1.29, 1.82) is 0 Å². The van der Waals surface area contributed by atoms with Crippen LogP contribution in [0.2, 0.25) is 0 Å². The van der Waals surface area contributed by atoms with Gasteiger partial charge in [0.2, 0.25) is 11.8 Å². The molecule has 0 saturated carbocycles. The molecule has 0 aliphatic carbocycles. The molecule has 9 heteroatoms. The minimum absolute atomic E-state index is 0.0364. The summed E-state index contributed by atoms with van der Waals surface area (Å²) in [6, 6.07) is 10.7. The van der Waals surface area contributed by atoms with Gasteiger partial charge in [-0.3, -0.25) is 14.6 Å². The van der Waals surface area contributed by atoms with E-state index in [9.17, 15) is 22.8 Å². The zero-order valence-electron chi connectivity index (χ0n) is 19.4. The fourth-order valence-electron chi connectivity index (χ4n) is 3.81. The highest BCUT2D eigenvalue weighted by Gasteiger charge is 2.37. The second-order valence-corrected chi connectivity index (χ2v) is 8.64. The van der Waals surface area contributed by atoms with E-state index < -0.39 is 18.1 Å². The molecule has 1 aliphatic rings. The first-order chi connectivity index (χ1) is 16.0. The van der Waals surface area contributed by atoms with Gasteiger partial charge >= 0.3 is 6.18 Å². The summed E-state index contributed by atoms with van der Waals surface area (Å²) in [5.74, 6) is -0.0815. The van der Waals surface area contributed by atoms with Crippen LogP contribution >= 0.6 is 0 Å². The van der Waals surface area contributed by atoms with Crippen LogP contribution in [0.3, 0.4) is 0 Å². The summed E-state index contributed by atoms with van der Waals surface area (Å²) in [5, 5.41) is 5.73. The van der Waals surface area contributed by atoms with Gasteiger partial charge in [0.1, 0.15) is 5.75 Å². The van der Waals surface area contributed by atoms with E-state index in [-0.39, 0.29) is 31.4 Å². The molecule has 0 spiro atoms. The van der Waals surface area contributed by atoms with Crippen molar-refractivity contribution in [2.45, 2.75) is 51.7 Å². The van der Waals surface area contributed by atoms with Crippen molar-refractivity contribution in [2.24, 2.45) is 0 Å². The highest BCUT2D eigenvalue weighted by atomic mass is 19.4. The third kappa shape index (κ3) is 6.59. The Hall–Kier alpha value is -3.36. The van der Waals surface area contributed by atoms with Crippen LogP contribution in [-0.4, -0.2) is 36.1 Å². The summed E-state index contributed by atoms with van der Waals surface area (Å²) in [5.41, 5.74) is 2.90. The summed E-state index contributed by atoms with van der Waals surface area (Å²) in [6.07, 6.45) is -3.04. The highest BCUT2D eigenvalue weighted by molar-refractivity contribution is 6.04. The first kappa shape index (κ1) is 25.3. The zero-order valence-corrected chi connectivity index (χ0v) is 19.4. The van der Waals surface area contributed by atoms with Crippen molar-refractivity contribution in [3.63, 3.8) is 0 Å². The number of rotatable bonds is 8. The van der Waals surface area contributed by atoms with E-state index in [1.807, 2.05) is 26.0 Å². The van der Waals surface area contributed by atoms with Crippen LogP contribution in [0, 0.1) is 6.92 Å². The van der Waals surface area contributed by atoms with E-state index in [0.717, 1.165) is 16.7 Å². The van der Waals surface area contributed by atoms with Crippen LogP contribution in [0.15, 0.2) is 48.2 Å². The number of hydrogen-bond donors (Lipinski definition) is 2. The van der Waals surface area contributed by atoms with Gasteiger partial charge in [0.15, 0.2) is 0 Å². The topological polar surface area (TPSA) is 80.3 Å². The number of nitrogens with one attached hydrogen (secondary N) is 2. The molecule has 3 rings (SSSR count). The van der Waals surface area contributed by atoms with Gasteiger partial charge in [-0.25, -0.2) is 0 Å². The summed E-state index contributed by atoms with van der Waals surface area (Å²) < 4.78 is 42.3. The molecule has 1 aromatic heterocycles. The summed E-state index contributed by atoms with van der Waals surface area (Å²) >= 11 is 0. The van der Waals surface area contributed by atoms with Crippen molar-refractivity contribution in [1.82, 2.24) is 15.6 Å². The number of nitrogens with zero attached hydrogens (tertiary/aromatic N) is 1. The number of benzene rings is 1. The Labute approximate surface area is 196 Å². The molecule has 0 unspecified atom stereocenters. The number of carbonyl (C=O) groups is 2. The first-order valence-corrected chi connectivity index (χ1v) is 11.0. The standard InChI is InChI=1S/C25H28F3N3O3/c1-16-5-10-22(30-14-16)20-13-24(3,31-23(33)21(20)15-29-17(2)32)18-6-8-19(9-7-18)34-12-4-11-25(26,27)28/h5-10,14H,4,11-13,15H2,1-3H3,(H,29,32)(H,31,33)/t24-/m0/s1. The van der Waals surface area contributed by atoms with Crippen LogP contribution in [0.5, 0.6) is 5.75 Å². The zero-order chi connectivity index (χ0) is 24.9. The van der Waals surface area contributed by atoms with E-state index in [1.54, 1.807) is 30.5 Å². The number of halogens is 3. The Kier molecular flexibility index (Phi) is 7.64. The molecular formula is C25H28F3N3O3. The van der Waals surface area contributed by atoms with Gasteiger partial charge in [0.05, 0.1) is 17.8 Å². The molecule has 1 atom stereocenters. The van der Waals surface area contributed by atoms with E-state index in [1.165, 1.54) is 6.92 Å². The molecule has 2 N–H and O–H groups in total. The Morgan fingerprint density at radius 2 is 1.91 bits per heavy atom. The predicted molar refractivity (Wildman–Crippen MR) is 122 cm³/mol. The maximum absolute atomic E-state index is 13.1. The molecule has 1 aliphatic heterocycles. The van der Waals surface area contributed by atoms with Crippen molar-refractivity contribution >= 4 is 17.4 Å². The lowest BCUT2D eigenvalue weighted by Crippen LogP contribution is -2.49. The Morgan fingerprint density at radius 3 is 2.50 bits per heavy atom. The highest BCUT2D eigenvalue weighted by Crippen LogP contribution is 2.38. The predicted octanol–water partition coefficient (Wildman–Crippen LogP) is 4.44. The minimum Gasteiger partial charge on any atom is -0.494 e. The summed E-state index contributed by atoms with van der Waals surface area (Å²) in [7, 11) is 0.